The number of halogens is 1. The highest BCUT2D eigenvalue weighted by atomic mass is 35.5. The van der Waals surface area contributed by atoms with E-state index in [9.17, 15) is 4.79 Å². The third-order valence-electron chi connectivity index (χ3n) is 4.30. The topological polar surface area (TPSA) is 62.7 Å². The molecule has 6 heteroatoms. The maximum Gasteiger partial charge on any atom is 0.319 e. The molecule has 0 radical (unpaired) electrons. The molecule has 0 spiro atoms. The number of urea groups is 1. The molecule has 2 aromatic carbocycles. The Hall–Kier alpha value is -2.53. The maximum atomic E-state index is 12.5. The van der Waals surface area contributed by atoms with Crippen LogP contribution in [0.5, 0.6) is 0 Å². The molecule has 2 aromatic rings. The van der Waals surface area contributed by atoms with Gasteiger partial charge in [-0.3, -0.25) is 0 Å². The van der Waals surface area contributed by atoms with Crippen LogP contribution in [0.4, 0.5) is 10.5 Å². The van der Waals surface area contributed by atoms with Gasteiger partial charge in [-0.2, -0.15) is 0 Å². The summed E-state index contributed by atoms with van der Waals surface area (Å²) in [6.45, 7) is 13.6. The van der Waals surface area contributed by atoms with Gasteiger partial charge in [0, 0.05) is 10.7 Å². The molecule has 0 saturated heterocycles. The van der Waals surface area contributed by atoms with Crippen LogP contribution in [0.3, 0.4) is 0 Å². The van der Waals surface area contributed by atoms with Crippen molar-refractivity contribution < 1.29 is 9.63 Å². The summed E-state index contributed by atoms with van der Waals surface area (Å²) in [6.07, 6.45) is 0. The number of carbonyl (C=O) groups excluding carboxylic acids is 1. The van der Waals surface area contributed by atoms with Crippen LogP contribution in [-0.4, -0.2) is 17.3 Å². The van der Waals surface area contributed by atoms with Crippen molar-refractivity contribution in [2.45, 2.75) is 59.6 Å². The molecule has 0 unspecified atom stereocenters. The summed E-state index contributed by atoms with van der Waals surface area (Å²) in [5.74, 6) is 0. The van der Waals surface area contributed by atoms with Gasteiger partial charge in [-0.15, -0.1) is 0 Å². The normalized spacial score (nSPS) is 12.5. The van der Waals surface area contributed by atoms with Crippen molar-refractivity contribution in [3.05, 3.63) is 64.2 Å². The Kier molecular flexibility index (Phi) is 6.96. The number of rotatable bonds is 5. The largest absolute Gasteiger partial charge is 0.390 e. The lowest BCUT2D eigenvalue weighted by Crippen LogP contribution is -2.43. The van der Waals surface area contributed by atoms with E-state index in [1.807, 2.05) is 78.8 Å². The zero-order valence-corrected chi connectivity index (χ0v) is 18.9. The molecule has 0 atom stereocenters. The Bertz CT molecular complexity index is 915. The number of hydrogen-bond acceptors (Lipinski definition) is 3. The van der Waals surface area contributed by atoms with Gasteiger partial charge in [0.1, 0.15) is 5.60 Å². The molecule has 2 amide bonds. The van der Waals surface area contributed by atoms with Gasteiger partial charge in [0.25, 0.3) is 0 Å². The second kappa shape index (κ2) is 8.87. The molecule has 0 aromatic heterocycles. The first kappa shape index (κ1) is 22.8. The van der Waals surface area contributed by atoms with Gasteiger partial charge in [-0.25, -0.2) is 4.79 Å². The monoisotopic (exact) mass is 415 g/mol. The summed E-state index contributed by atoms with van der Waals surface area (Å²) in [5.41, 5.74) is 3.33. The van der Waals surface area contributed by atoms with Crippen LogP contribution in [0, 0.1) is 6.92 Å². The average molecular weight is 416 g/mol. The number of hydrogen-bond donors (Lipinski definition) is 2. The van der Waals surface area contributed by atoms with E-state index in [1.54, 1.807) is 12.1 Å². The van der Waals surface area contributed by atoms with Gasteiger partial charge >= 0.3 is 6.03 Å². The van der Waals surface area contributed by atoms with Gasteiger partial charge in [0.15, 0.2) is 0 Å². The Morgan fingerprint density at radius 1 is 1.07 bits per heavy atom. The Morgan fingerprint density at radius 2 is 1.76 bits per heavy atom. The first-order valence-corrected chi connectivity index (χ1v) is 9.94. The summed E-state index contributed by atoms with van der Waals surface area (Å²) < 4.78 is 0. The van der Waals surface area contributed by atoms with Crippen molar-refractivity contribution in [3.63, 3.8) is 0 Å². The van der Waals surface area contributed by atoms with Gasteiger partial charge in [0.2, 0.25) is 0 Å². The van der Waals surface area contributed by atoms with E-state index in [2.05, 4.69) is 15.8 Å². The van der Waals surface area contributed by atoms with Crippen LogP contribution < -0.4 is 10.6 Å². The SMILES string of the molecule is C/C(=N\OC(C)(C)C)c1cccc(C(C)(C)NC(=O)Nc2ccc(Cl)c(C)c2)c1. The molecule has 0 bridgehead atoms. The van der Waals surface area contributed by atoms with E-state index in [1.165, 1.54) is 0 Å². The Morgan fingerprint density at radius 3 is 2.38 bits per heavy atom. The van der Waals surface area contributed by atoms with Crippen LogP contribution >= 0.6 is 11.6 Å². The molecule has 0 saturated carbocycles. The Labute approximate surface area is 178 Å². The minimum atomic E-state index is -0.591. The Balaban J connectivity index is 2.13. The van der Waals surface area contributed by atoms with E-state index in [4.69, 9.17) is 16.4 Å². The van der Waals surface area contributed by atoms with Gasteiger partial charge in [0.05, 0.1) is 11.3 Å². The van der Waals surface area contributed by atoms with Gasteiger partial charge in [-0.05, 0) is 89.4 Å². The first-order chi connectivity index (χ1) is 13.4. The predicted octanol–water partition coefficient (Wildman–Crippen LogP) is 6.24. The lowest BCUT2D eigenvalue weighted by Gasteiger charge is -2.27. The quantitative estimate of drug-likeness (QED) is 0.448. The summed E-state index contributed by atoms with van der Waals surface area (Å²) in [6, 6.07) is 13.0. The van der Waals surface area contributed by atoms with Crippen molar-refractivity contribution in [2.75, 3.05) is 5.32 Å². The molecular formula is C23H30ClN3O2. The number of aryl methyl sites for hydroxylation is 1. The second-order valence-corrected chi connectivity index (χ2v) is 9.04. The highest BCUT2D eigenvalue weighted by molar-refractivity contribution is 6.31. The fourth-order valence-electron chi connectivity index (χ4n) is 2.63. The highest BCUT2D eigenvalue weighted by Crippen LogP contribution is 2.23. The van der Waals surface area contributed by atoms with Gasteiger partial charge in [-0.1, -0.05) is 35.0 Å². The molecule has 0 aliphatic heterocycles. The van der Waals surface area contributed by atoms with E-state index in [-0.39, 0.29) is 11.6 Å². The zero-order valence-electron chi connectivity index (χ0n) is 18.2. The fourth-order valence-corrected chi connectivity index (χ4v) is 2.75. The molecule has 0 heterocycles. The molecule has 156 valence electrons. The van der Waals surface area contributed by atoms with Crippen LogP contribution in [0.15, 0.2) is 47.6 Å². The minimum Gasteiger partial charge on any atom is -0.390 e. The van der Waals surface area contributed by atoms with Crippen molar-refractivity contribution in [1.82, 2.24) is 5.32 Å². The molecule has 2 N–H and O–H groups in total. The van der Waals surface area contributed by atoms with Crippen LogP contribution in [0.2, 0.25) is 5.02 Å². The zero-order chi connectivity index (χ0) is 21.8. The number of oxime groups is 1. The molecule has 0 aliphatic rings. The molecular weight excluding hydrogens is 386 g/mol. The molecule has 29 heavy (non-hydrogen) atoms. The smallest absolute Gasteiger partial charge is 0.319 e. The van der Waals surface area contributed by atoms with Crippen molar-refractivity contribution in [3.8, 4) is 0 Å². The summed E-state index contributed by atoms with van der Waals surface area (Å²) in [7, 11) is 0. The van der Waals surface area contributed by atoms with Crippen LogP contribution in [-0.2, 0) is 10.4 Å². The second-order valence-electron chi connectivity index (χ2n) is 8.63. The number of nitrogens with one attached hydrogen (secondary N) is 2. The lowest BCUT2D eigenvalue weighted by atomic mass is 9.92. The third-order valence-corrected chi connectivity index (χ3v) is 4.72. The summed E-state index contributed by atoms with van der Waals surface area (Å²) in [5, 5.41) is 10.8. The van der Waals surface area contributed by atoms with Crippen molar-refractivity contribution in [1.29, 1.82) is 0 Å². The molecule has 5 nitrogen and oxygen atoms in total. The summed E-state index contributed by atoms with van der Waals surface area (Å²) >= 11 is 6.04. The average Bonchev–Trinajstić information content (AvgIpc) is 2.62. The predicted molar refractivity (Wildman–Crippen MR) is 121 cm³/mol. The van der Waals surface area contributed by atoms with Gasteiger partial charge < -0.3 is 15.5 Å². The number of carbonyl (C=O) groups is 1. The highest BCUT2D eigenvalue weighted by Gasteiger charge is 2.23. The van der Waals surface area contributed by atoms with Crippen LogP contribution in [0.1, 0.15) is 58.2 Å². The van der Waals surface area contributed by atoms with Crippen LogP contribution in [0.25, 0.3) is 0 Å². The van der Waals surface area contributed by atoms with E-state index in [0.29, 0.717) is 10.7 Å². The number of benzene rings is 2. The van der Waals surface area contributed by atoms with E-state index in [0.717, 1.165) is 22.4 Å². The summed E-state index contributed by atoms with van der Waals surface area (Å²) in [4.78, 5) is 18.0. The molecule has 0 fully saturated rings. The fraction of sp³-hybridized carbons (Fsp3) is 0.391. The maximum absolute atomic E-state index is 12.5. The van der Waals surface area contributed by atoms with E-state index < -0.39 is 5.54 Å². The van der Waals surface area contributed by atoms with E-state index >= 15 is 0 Å². The molecule has 0 aliphatic carbocycles. The lowest BCUT2D eigenvalue weighted by molar-refractivity contribution is 0.000952. The standard InChI is InChI=1S/C23H30ClN3O2/c1-15-13-19(11-12-20(15)24)25-21(28)26-23(6,7)18-10-8-9-17(14-18)16(2)27-29-22(3,4)5/h8-14H,1-7H3,(H2,25,26,28)/b27-16+. The number of anilines is 1. The number of nitrogens with zero attached hydrogens (tertiary/aromatic N) is 1. The molecule has 2 rings (SSSR count). The number of amides is 2. The third kappa shape index (κ3) is 6.79. The minimum absolute atomic E-state index is 0.288. The van der Waals surface area contributed by atoms with Crippen molar-refractivity contribution in [2.24, 2.45) is 5.16 Å². The van der Waals surface area contributed by atoms with Crippen molar-refractivity contribution >= 4 is 29.0 Å². The first-order valence-electron chi connectivity index (χ1n) is 9.56.